The Morgan fingerprint density at radius 2 is 2.00 bits per heavy atom. The Morgan fingerprint density at radius 1 is 1.28 bits per heavy atom. The molecule has 0 aromatic heterocycles. The molecule has 0 saturated heterocycles. The van der Waals surface area contributed by atoms with E-state index in [1.165, 1.54) is 0 Å². The highest BCUT2D eigenvalue weighted by atomic mass is 16.1. The van der Waals surface area contributed by atoms with Crippen molar-refractivity contribution < 1.29 is 4.79 Å². The lowest BCUT2D eigenvalue weighted by molar-refractivity contribution is -0.119. The summed E-state index contributed by atoms with van der Waals surface area (Å²) in [5.41, 5.74) is 1.46. The summed E-state index contributed by atoms with van der Waals surface area (Å²) in [4.78, 5) is 11.5. The summed E-state index contributed by atoms with van der Waals surface area (Å²) < 4.78 is 0. The molecule has 1 aromatic carbocycles. The van der Waals surface area contributed by atoms with Gasteiger partial charge in [0, 0.05) is 12.2 Å². The van der Waals surface area contributed by atoms with Gasteiger partial charge in [0.25, 0.3) is 0 Å². The normalized spacial score (nSPS) is 9.56. The topological polar surface area (TPSA) is 64.9 Å². The fourth-order valence-corrected chi connectivity index (χ4v) is 1.51. The molecule has 0 heterocycles. The number of unbranched alkanes of at least 4 members (excludes halogenated alkanes) is 2. The number of amides is 1. The zero-order chi connectivity index (χ0) is 13.2. The Hall–Kier alpha value is -2.02. The zero-order valence-electron chi connectivity index (χ0n) is 10.7. The van der Waals surface area contributed by atoms with E-state index >= 15 is 0 Å². The van der Waals surface area contributed by atoms with Gasteiger partial charge in [-0.15, -0.1) is 0 Å². The number of hydrogen-bond donors (Lipinski definition) is 2. The van der Waals surface area contributed by atoms with Gasteiger partial charge < -0.3 is 10.6 Å². The maximum atomic E-state index is 11.5. The van der Waals surface area contributed by atoms with Crippen LogP contribution in [0.4, 0.5) is 5.69 Å². The van der Waals surface area contributed by atoms with Gasteiger partial charge in [-0.05, 0) is 30.7 Å². The number of rotatable bonds is 7. The fourth-order valence-electron chi connectivity index (χ4n) is 1.51. The van der Waals surface area contributed by atoms with E-state index in [-0.39, 0.29) is 12.5 Å². The van der Waals surface area contributed by atoms with Crippen molar-refractivity contribution in [1.29, 1.82) is 5.26 Å². The van der Waals surface area contributed by atoms with Crippen LogP contribution in [-0.2, 0) is 4.79 Å². The average Bonchev–Trinajstić information content (AvgIpc) is 2.42. The Labute approximate surface area is 108 Å². The minimum absolute atomic E-state index is 0.00420. The third kappa shape index (κ3) is 5.35. The number of carbonyl (C=O) groups excluding carboxylic acids is 1. The summed E-state index contributed by atoms with van der Waals surface area (Å²) in [6, 6.07) is 9.09. The largest absolute Gasteiger partial charge is 0.376 e. The fraction of sp³-hybridized carbons (Fsp3) is 0.429. The maximum Gasteiger partial charge on any atom is 0.239 e. The third-order valence-electron chi connectivity index (χ3n) is 2.57. The molecule has 18 heavy (non-hydrogen) atoms. The van der Waals surface area contributed by atoms with Crippen molar-refractivity contribution in [3.05, 3.63) is 29.8 Å². The van der Waals surface area contributed by atoms with Gasteiger partial charge >= 0.3 is 0 Å². The predicted molar refractivity (Wildman–Crippen MR) is 72.2 cm³/mol. The molecule has 0 unspecified atom stereocenters. The van der Waals surface area contributed by atoms with Crippen LogP contribution in [0.1, 0.15) is 31.7 Å². The first kappa shape index (κ1) is 14.0. The molecule has 0 aliphatic carbocycles. The first-order valence-electron chi connectivity index (χ1n) is 6.27. The molecule has 0 radical (unpaired) electrons. The molecule has 1 amide bonds. The van der Waals surface area contributed by atoms with Gasteiger partial charge in [-0.3, -0.25) is 4.79 Å². The van der Waals surface area contributed by atoms with Crippen molar-refractivity contribution in [2.75, 3.05) is 18.4 Å². The van der Waals surface area contributed by atoms with Crippen LogP contribution in [-0.4, -0.2) is 19.0 Å². The van der Waals surface area contributed by atoms with Crippen molar-refractivity contribution in [2.45, 2.75) is 26.2 Å². The second kappa shape index (κ2) is 8.13. The highest BCUT2D eigenvalue weighted by molar-refractivity contribution is 5.80. The lowest BCUT2D eigenvalue weighted by Crippen LogP contribution is -2.30. The van der Waals surface area contributed by atoms with Crippen LogP contribution in [0.3, 0.4) is 0 Å². The zero-order valence-corrected chi connectivity index (χ0v) is 10.7. The highest BCUT2D eigenvalue weighted by Gasteiger charge is 2.00. The summed E-state index contributed by atoms with van der Waals surface area (Å²) >= 11 is 0. The minimum Gasteiger partial charge on any atom is -0.376 e. The first-order valence-corrected chi connectivity index (χ1v) is 6.27. The standard InChI is InChI=1S/C14H19N3O/c1-2-3-4-9-16-14(18)11-17-13-7-5-12(10-15)6-8-13/h5-8,17H,2-4,9,11H2,1H3,(H,16,18). The molecule has 96 valence electrons. The molecule has 0 aliphatic heterocycles. The van der Waals surface area contributed by atoms with Gasteiger partial charge in [-0.2, -0.15) is 5.26 Å². The van der Waals surface area contributed by atoms with E-state index in [2.05, 4.69) is 23.6 Å². The van der Waals surface area contributed by atoms with Gasteiger partial charge in [0.05, 0.1) is 18.2 Å². The van der Waals surface area contributed by atoms with Gasteiger partial charge in [0.2, 0.25) is 5.91 Å². The highest BCUT2D eigenvalue weighted by Crippen LogP contribution is 2.07. The van der Waals surface area contributed by atoms with E-state index in [9.17, 15) is 4.79 Å². The molecule has 2 N–H and O–H groups in total. The number of nitrogens with one attached hydrogen (secondary N) is 2. The lowest BCUT2D eigenvalue weighted by atomic mass is 10.2. The number of nitrogens with zero attached hydrogens (tertiary/aromatic N) is 1. The number of benzene rings is 1. The predicted octanol–water partition coefficient (Wildman–Crippen LogP) is 2.28. The van der Waals surface area contributed by atoms with Crippen molar-refractivity contribution in [1.82, 2.24) is 5.32 Å². The number of carbonyl (C=O) groups is 1. The molecule has 4 heteroatoms. The van der Waals surface area contributed by atoms with Crippen LogP contribution >= 0.6 is 0 Å². The van der Waals surface area contributed by atoms with E-state index < -0.39 is 0 Å². The van der Waals surface area contributed by atoms with Crippen LogP contribution in [0, 0.1) is 11.3 Å². The summed E-state index contributed by atoms with van der Waals surface area (Å²) in [6.07, 6.45) is 3.32. The summed E-state index contributed by atoms with van der Waals surface area (Å²) in [5, 5.41) is 14.5. The quantitative estimate of drug-likeness (QED) is 0.724. The summed E-state index contributed by atoms with van der Waals surface area (Å²) in [5.74, 6) is -0.00420. The van der Waals surface area contributed by atoms with Crippen LogP contribution in [0.5, 0.6) is 0 Å². The van der Waals surface area contributed by atoms with Gasteiger partial charge in [-0.25, -0.2) is 0 Å². The molecule has 4 nitrogen and oxygen atoms in total. The molecule has 1 aromatic rings. The molecule has 1 rings (SSSR count). The second-order valence-electron chi connectivity index (χ2n) is 4.10. The molecular formula is C14H19N3O. The molecule has 0 atom stereocenters. The van der Waals surface area contributed by atoms with E-state index in [0.29, 0.717) is 5.56 Å². The summed E-state index contributed by atoms with van der Waals surface area (Å²) in [6.45, 7) is 3.13. The number of nitriles is 1. The molecule has 0 saturated carbocycles. The van der Waals surface area contributed by atoms with Crippen molar-refractivity contribution in [2.24, 2.45) is 0 Å². The molecule has 0 spiro atoms. The Kier molecular flexibility index (Phi) is 6.34. The van der Waals surface area contributed by atoms with Crippen LogP contribution in [0.2, 0.25) is 0 Å². The molecular weight excluding hydrogens is 226 g/mol. The minimum atomic E-state index is -0.00420. The van der Waals surface area contributed by atoms with Crippen LogP contribution < -0.4 is 10.6 Å². The Morgan fingerprint density at radius 3 is 2.61 bits per heavy atom. The molecule has 0 bridgehead atoms. The molecule has 0 aliphatic rings. The third-order valence-corrected chi connectivity index (χ3v) is 2.57. The monoisotopic (exact) mass is 245 g/mol. The first-order chi connectivity index (χ1) is 8.76. The average molecular weight is 245 g/mol. The van der Waals surface area contributed by atoms with Crippen LogP contribution in [0.15, 0.2) is 24.3 Å². The van der Waals surface area contributed by atoms with Crippen molar-refractivity contribution in [3.8, 4) is 6.07 Å². The van der Waals surface area contributed by atoms with Gasteiger partial charge in [-0.1, -0.05) is 19.8 Å². The van der Waals surface area contributed by atoms with Crippen molar-refractivity contribution in [3.63, 3.8) is 0 Å². The van der Waals surface area contributed by atoms with Crippen molar-refractivity contribution >= 4 is 11.6 Å². The Balaban J connectivity index is 2.23. The number of hydrogen-bond acceptors (Lipinski definition) is 3. The van der Waals surface area contributed by atoms with E-state index in [1.54, 1.807) is 24.3 Å². The van der Waals surface area contributed by atoms with E-state index in [0.717, 1.165) is 31.5 Å². The van der Waals surface area contributed by atoms with E-state index in [4.69, 9.17) is 5.26 Å². The second-order valence-corrected chi connectivity index (χ2v) is 4.10. The van der Waals surface area contributed by atoms with Crippen LogP contribution in [0.25, 0.3) is 0 Å². The Bertz CT molecular complexity index is 406. The van der Waals surface area contributed by atoms with Gasteiger partial charge in [0.1, 0.15) is 0 Å². The number of anilines is 1. The van der Waals surface area contributed by atoms with Gasteiger partial charge in [0.15, 0.2) is 0 Å². The summed E-state index contributed by atoms with van der Waals surface area (Å²) in [7, 11) is 0. The smallest absolute Gasteiger partial charge is 0.239 e. The molecule has 0 fully saturated rings. The maximum absolute atomic E-state index is 11.5. The SMILES string of the molecule is CCCCCNC(=O)CNc1ccc(C#N)cc1. The van der Waals surface area contributed by atoms with E-state index in [1.807, 2.05) is 0 Å². The lowest BCUT2D eigenvalue weighted by Gasteiger charge is -2.07.